The van der Waals surface area contributed by atoms with Crippen molar-refractivity contribution in [3.05, 3.63) is 5.82 Å². The highest BCUT2D eigenvalue weighted by Crippen LogP contribution is 2.40. The molecule has 4 N–H and O–H groups in total. The summed E-state index contributed by atoms with van der Waals surface area (Å²) in [7, 11) is 0. The molecule has 0 aliphatic heterocycles. The first-order valence-electron chi connectivity index (χ1n) is 5.03. The zero-order valence-corrected chi connectivity index (χ0v) is 8.36. The maximum Gasteiger partial charge on any atom is 0.310 e. The third-order valence-corrected chi connectivity index (χ3v) is 3.07. The van der Waals surface area contributed by atoms with Crippen LogP contribution in [0.1, 0.15) is 31.5 Å². The van der Waals surface area contributed by atoms with Gasteiger partial charge in [0.25, 0.3) is 0 Å². The van der Waals surface area contributed by atoms with E-state index in [9.17, 15) is 9.90 Å². The molecule has 1 fully saturated rings. The van der Waals surface area contributed by atoms with Crippen LogP contribution >= 0.6 is 0 Å². The number of nitrogens with one attached hydrogen (secondary N) is 1. The molecular formula is C9H14N4O2. The van der Waals surface area contributed by atoms with Gasteiger partial charge in [0.05, 0.1) is 5.41 Å². The Hall–Kier alpha value is -1.59. The second-order valence-electron chi connectivity index (χ2n) is 4.11. The Kier molecular flexibility index (Phi) is 2.34. The van der Waals surface area contributed by atoms with Gasteiger partial charge in [0, 0.05) is 6.42 Å². The lowest BCUT2D eigenvalue weighted by Crippen LogP contribution is -2.30. The molecule has 0 amide bonds. The van der Waals surface area contributed by atoms with E-state index < -0.39 is 11.4 Å². The number of aromatic amines is 1. The number of hydrogen-bond donors (Lipinski definition) is 3. The molecule has 1 saturated carbocycles. The summed E-state index contributed by atoms with van der Waals surface area (Å²) in [6.07, 6.45) is 3.75. The molecule has 6 nitrogen and oxygen atoms in total. The van der Waals surface area contributed by atoms with E-state index in [0.717, 1.165) is 12.8 Å². The first kappa shape index (κ1) is 9.95. The Morgan fingerprint density at radius 3 is 2.67 bits per heavy atom. The molecule has 82 valence electrons. The third kappa shape index (κ3) is 1.79. The summed E-state index contributed by atoms with van der Waals surface area (Å²) in [5, 5.41) is 15.6. The van der Waals surface area contributed by atoms with E-state index in [-0.39, 0.29) is 5.95 Å². The maximum atomic E-state index is 11.2. The number of rotatable bonds is 3. The van der Waals surface area contributed by atoms with Crippen LogP contribution in [0, 0.1) is 5.41 Å². The van der Waals surface area contributed by atoms with Crippen molar-refractivity contribution in [3.63, 3.8) is 0 Å². The van der Waals surface area contributed by atoms with E-state index in [1.54, 1.807) is 0 Å². The van der Waals surface area contributed by atoms with Crippen LogP contribution < -0.4 is 5.73 Å². The van der Waals surface area contributed by atoms with Crippen molar-refractivity contribution in [1.82, 2.24) is 15.2 Å². The SMILES string of the molecule is Nc1n[nH]c(CC2(C(=O)O)CCCC2)n1. The minimum absolute atomic E-state index is 0.170. The summed E-state index contributed by atoms with van der Waals surface area (Å²) in [6, 6.07) is 0. The number of anilines is 1. The fraction of sp³-hybridized carbons (Fsp3) is 0.667. The van der Waals surface area contributed by atoms with E-state index >= 15 is 0 Å². The van der Waals surface area contributed by atoms with Crippen molar-refractivity contribution in [2.24, 2.45) is 5.41 Å². The van der Waals surface area contributed by atoms with Gasteiger partial charge in [-0.2, -0.15) is 4.98 Å². The summed E-state index contributed by atoms with van der Waals surface area (Å²) >= 11 is 0. The molecule has 1 aliphatic carbocycles. The molecule has 1 aromatic heterocycles. The predicted octanol–water partition coefficient (Wildman–Crippen LogP) is 0.574. The normalized spacial score (nSPS) is 19.2. The van der Waals surface area contributed by atoms with E-state index in [1.807, 2.05) is 0 Å². The molecule has 15 heavy (non-hydrogen) atoms. The number of nitrogens with two attached hydrogens (primary N) is 1. The molecule has 1 heterocycles. The molecule has 6 heteroatoms. The second kappa shape index (κ2) is 3.52. The van der Waals surface area contributed by atoms with Gasteiger partial charge in [-0.25, -0.2) is 0 Å². The second-order valence-corrected chi connectivity index (χ2v) is 4.11. The van der Waals surface area contributed by atoms with Crippen LogP contribution in [0.5, 0.6) is 0 Å². The first-order valence-corrected chi connectivity index (χ1v) is 5.03. The van der Waals surface area contributed by atoms with Gasteiger partial charge in [-0.05, 0) is 12.8 Å². The highest BCUT2D eigenvalue weighted by molar-refractivity contribution is 5.75. The number of aromatic nitrogens is 3. The van der Waals surface area contributed by atoms with Gasteiger partial charge >= 0.3 is 5.97 Å². The highest BCUT2D eigenvalue weighted by atomic mass is 16.4. The average Bonchev–Trinajstić information content (AvgIpc) is 2.77. The summed E-state index contributed by atoms with van der Waals surface area (Å²) in [6.45, 7) is 0. The van der Waals surface area contributed by atoms with Gasteiger partial charge in [0.15, 0.2) is 0 Å². The van der Waals surface area contributed by atoms with Crippen molar-refractivity contribution in [1.29, 1.82) is 0 Å². The molecule has 0 radical (unpaired) electrons. The molecular weight excluding hydrogens is 196 g/mol. The lowest BCUT2D eigenvalue weighted by Gasteiger charge is -2.21. The third-order valence-electron chi connectivity index (χ3n) is 3.07. The topological polar surface area (TPSA) is 105 Å². The molecule has 2 rings (SSSR count). The number of carboxylic acid groups (broad SMARTS) is 1. The number of nitrogen functional groups attached to an aromatic ring is 1. The van der Waals surface area contributed by atoms with Crippen molar-refractivity contribution in [3.8, 4) is 0 Å². The largest absolute Gasteiger partial charge is 0.481 e. The minimum atomic E-state index is -0.741. The molecule has 0 saturated heterocycles. The van der Waals surface area contributed by atoms with Crippen molar-refractivity contribution >= 4 is 11.9 Å². The predicted molar refractivity (Wildman–Crippen MR) is 53.0 cm³/mol. The summed E-state index contributed by atoms with van der Waals surface area (Å²) < 4.78 is 0. The first-order chi connectivity index (χ1) is 7.12. The number of aliphatic carboxylic acids is 1. The fourth-order valence-corrected chi connectivity index (χ4v) is 2.23. The zero-order valence-electron chi connectivity index (χ0n) is 8.36. The highest BCUT2D eigenvalue weighted by Gasteiger charge is 2.42. The van der Waals surface area contributed by atoms with Gasteiger partial charge in [0.2, 0.25) is 5.95 Å². The van der Waals surface area contributed by atoms with E-state index in [4.69, 9.17) is 5.73 Å². The molecule has 0 unspecified atom stereocenters. The smallest absolute Gasteiger partial charge is 0.310 e. The van der Waals surface area contributed by atoms with E-state index in [2.05, 4.69) is 15.2 Å². The number of carbonyl (C=O) groups is 1. The molecule has 0 atom stereocenters. The quantitative estimate of drug-likeness (QED) is 0.676. The minimum Gasteiger partial charge on any atom is -0.481 e. The van der Waals surface area contributed by atoms with Gasteiger partial charge in [0.1, 0.15) is 5.82 Å². The number of H-pyrrole nitrogens is 1. The monoisotopic (exact) mass is 210 g/mol. The Bertz CT molecular complexity index is 368. The molecule has 0 spiro atoms. The molecule has 0 bridgehead atoms. The summed E-state index contributed by atoms with van der Waals surface area (Å²) in [5.41, 5.74) is 4.71. The van der Waals surface area contributed by atoms with Crippen LogP contribution in [-0.4, -0.2) is 26.3 Å². The average molecular weight is 210 g/mol. The van der Waals surface area contributed by atoms with Crippen LogP contribution in [0.2, 0.25) is 0 Å². The number of nitrogens with zero attached hydrogens (tertiary/aromatic N) is 2. The van der Waals surface area contributed by atoms with Gasteiger partial charge in [-0.3, -0.25) is 9.89 Å². The van der Waals surface area contributed by atoms with Crippen molar-refractivity contribution in [2.75, 3.05) is 5.73 Å². The Morgan fingerprint density at radius 2 is 2.20 bits per heavy atom. The number of hydrogen-bond acceptors (Lipinski definition) is 4. The standard InChI is InChI=1S/C9H14N4O2/c10-8-11-6(12-13-8)5-9(7(14)15)3-1-2-4-9/h1-5H2,(H,14,15)(H3,10,11,12,13). The fourth-order valence-electron chi connectivity index (χ4n) is 2.23. The van der Waals surface area contributed by atoms with E-state index in [0.29, 0.717) is 25.1 Å². The molecule has 1 aliphatic rings. The number of carboxylic acids is 1. The van der Waals surface area contributed by atoms with E-state index in [1.165, 1.54) is 0 Å². The van der Waals surface area contributed by atoms with Crippen LogP contribution in [0.4, 0.5) is 5.95 Å². The van der Waals surface area contributed by atoms with Gasteiger partial charge < -0.3 is 10.8 Å². The molecule has 0 aromatic carbocycles. The molecule has 1 aromatic rings. The lowest BCUT2D eigenvalue weighted by atomic mass is 9.82. The maximum absolute atomic E-state index is 11.2. The van der Waals surface area contributed by atoms with Crippen LogP contribution in [0.15, 0.2) is 0 Å². The summed E-state index contributed by atoms with van der Waals surface area (Å²) in [5.74, 6) is -0.00435. The van der Waals surface area contributed by atoms with Gasteiger partial charge in [-0.1, -0.05) is 12.8 Å². The lowest BCUT2D eigenvalue weighted by molar-refractivity contribution is -0.148. The van der Waals surface area contributed by atoms with Gasteiger partial charge in [-0.15, -0.1) is 5.10 Å². The zero-order chi connectivity index (χ0) is 10.9. The Labute approximate surface area is 86.9 Å². The van der Waals surface area contributed by atoms with Crippen molar-refractivity contribution in [2.45, 2.75) is 32.1 Å². The van der Waals surface area contributed by atoms with Crippen LogP contribution in [0.25, 0.3) is 0 Å². The Balaban J connectivity index is 2.17. The summed E-state index contributed by atoms with van der Waals surface area (Å²) in [4.78, 5) is 15.2. The van der Waals surface area contributed by atoms with Crippen LogP contribution in [0.3, 0.4) is 0 Å². The van der Waals surface area contributed by atoms with Crippen molar-refractivity contribution < 1.29 is 9.90 Å². The Morgan fingerprint density at radius 1 is 1.53 bits per heavy atom. The van der Waals surface area contributed by atoms with Crippen LogP contribution in [-0.2, 0) is 11.2 Å².